The lowest BCUT2D eigenvalue weighted by atomic mass is 10.0. The number of terminal acetylenes is 1. The maximum atomic E-state index is 14.6. The molecule has 8 saturated heterocycles. The number of hydrogen-bond donors (Lipinski definition) is 1. The molecule has 0 radical (unpaired) electrons. The summed E-state index contributed by atoms with van der Waals surface area (Å²) in [6.07, 6.45) is 17.9. The van der Waals surface area contributed by atoms with E-state index in [2.05, 4.69) is 17.8 Å². The van der Waals surface area contributed by atoms with Gasteiger partial charge in [0.1, 0.15) is 48.3 Å². The summed E-state index contributed by atoms with van der Waals surface area (Å²) in [7, 11) is 0. The molecule has 9 aliphatic rings. The van der Waals surface area contributed by atoms with Crippen LogP contribution in [0.3, 0.4) is 0 Å². The maximum absolute atomic E-state index is 14.6. The SMILES string of the molecule is C#CCNC(=O)[C@@H]1CCCN1C(=O)[C@@H]1CCCN1C(=O)[C@@H]1CCCN1C(=O)[C@@H]1CCCN1C(=O)[C@@H]1CCCN1C(=O)[C@@H]1CCCN1C(=O)[C@@H]1CCCN1C(=O)[C@@H]1CCCN1C(=O)[C@H]1CC[C@H](OCC=C)C1. The Kier molecular flexibility index (Phi) is 15.7. The predicted octanol–water partition coefficient (Wildman–Crippen LogP) is 1.04. The van der Waals surface area contributed by atoms with Crippen LogP contribution in [0.2, 0.25) is 0 Å². The summed E-state index contributed by atoms with van der Waals surface area (Å²) < 4.78 is 5.83. The second kappa shape index (κ2) is 22.1. The predicted molar refractivity (Wildman–Crippen MR) is 257 cm³/mol. The number of rotatable bonds is 13. The molecule has 10 atom stereocenters. The van der Waals surface area contributed by atoms with Crippen molar-refractivity contribution in [2.24, 2.45) is 5.92 Å². The first-order valence-electron chi connectivity index (χ1n) is 26.8. The Morgan fingerprint density at radius 3 is 1.01 bits per heavy atom. The van der Waals surface area contributed by atoms with Gasteiger partial charge >= 0.3 is 0 Å². The minimum atomic E-state index is -0.803. The summed E-state index contributed by atoms with van der Waals surface area (Å²) in [5.41, 5.74) is 0. The normalized spacial score (nSPS) is 31.8. The van der Waals surface area contributed by atoms with Crippen LogP contribution in [0.5, 0.6) is 0 Å². The van der Waals surface area contributed by atoms with Gasteiger partial charge in [-0.2, -0.15) is 0 Å². The van der Waals surface area contributed by atoms with Gasteiger partial charge in [0.05, 0.1) is 19.3 Å². The molecule has 19 heteroatoms. The number of likely N-dealkylation sites (tertiary alicyclic amines) is 8. The maximum Gasteiger partial charge on any atom is 0.246 e. The number of amides is 9. The molecule has 386 valence electrons. The third kappa shape index (κ3) is 9.90. The van der Waals surface area contributed by atoms with Crippen LogP contribution < -0.4 is 5.32 Å². The molecule has 9 amide bonds. The van der Waals surface area contributed by atoms with Crippen molar-refractivity contribution in [1.82, 2.24) is 44.5 Å². The topological polar surface area (TPSA) is 201 Å². The standard InChI is InChI=1S/C52H73N9O10/c1-3-23-53-44(62)36-13-5-24-54(36)46(64)38-15-7-26-56(38)48(66)40-17-9-28-58(40)50(68)42-19-11-30-60(42)52(70)43-20-12-31-61(43)51(69)41-18-10-29-59(41)49(67)39-16-8-27-57(39)47(65)37-14-6-25-55(37)45(63)34-21-22-35(33-34)71-32-4-2/h1,4,34-43H,2,5-33H2,(H,53,62)/t34-,35-,36-,37-,38-,39-,40-,41-,42-,43-/m0/s1. The molecule has 71 heavy (non-hydrogen) atoms. The summed E-state index contributed by atoms with van der Waals surface area (Å²) >= 11 is 0. The van der Waals surface area contributed by atoms with Crippen LogP contribution in [0.4, 0.5) is 0 Å². The van der Waals surface area contributed by atoms with E-state index in [0.29, 0.717) is 175 Å². The molecule has 19 nitrogen and oxygen atoms in total. The summed E-state index contributed by atoms with van der Waals surface area (Å²) in [5.74, 6) is -0.0685. The van der Waals surface area contributed by atoms with E-state index < -0.39 is 48.3 Å². The van der Waals surface area contributed by atoms with E-state index in [-0.39, 0.29) is 71.7 Å². The smallest absolute Gasteiger partial charge is 0.246 e. The minimum Gasteiger partial charge on any atom is -0.374 e. The molecule has 1 aliphatic carbocycles. The number of carbonyl (C=O) groups excluding carboxylic acids is 9. The zero-order chi connectivity index (χ0) is 49.9. The van der Waals surface area contributed by atoms with Crippen molar-refractivity contribution in [3.63, 3.8) is 0 Å². The van der Waals surface area contributed by atoms with Gasteiger partial charge in [0.2, 0.25) is 53.2 Å². The monoisotopic (exact) mass is 984 g/mol. The number of hydrogen-bond acceptors (Lipinski definition) is 10. The molecule has 0 aromatic carbocycles. The summed E-state index contributed by atoms with van der Waals surface area (Å²) in [4.78, 5) is 141. The molecule has 8 aliphatic heterocycles. The van der Waals surface area contributed by atoms with E-state index >= 15 is 0 Å². The first-order valence-corrected chi connectivity index (χ1v) is 26.8. The molecule has 0 unspecified atom stereocenters. The molecule has 1 saturated carbocycles. The van der Waals surface area contributed by atoms with E-state index in [9.17, 15) is 43.2 Å². The van der Waals surface area contributed by atoms with Crippen LogP contribution in [0.25, 0.3) is 0 Å². The van der Waals surface area contributed by atoms with Crippen molar-refractivity contribution >= 4 is 53.2 Å². The van der Waals surface area contributed by atoms with Crippen molar-refractivity contribution in [3.8, 4) is 12.3 Å². The van der Waals surface area contributed by atoms with Crippen molar-refractivity contribution in [2.75, 3.05) is 65.5 Å². The number of carbonyl (C=O) groups is 9. The van der Waals surface area contributed by atoms with Crippen LogP contribution in [0.15, 0.2) is 12.7 Å². The Balaban J connectivity index is 0.818. The molecule has 8 heterocycles. The van der Waals surface area contributed by atoms with Gasteiger partial charge in [-0.25, -0.2) is 0 Å². The molecule has 1 N–H and O–H groups in total. The van der Waals surface area contributed by atoms with Crippen LogP contribution in [-0.4, -0.2) is 212 Å². The number of ether oxygens (including phenoxy) is 1. The lowest BCUT2D eigenvalue weighted by Crippen LogP contribution is -2.59. The van der Waals surface area contributed by atoms with E-state index in [1.54, 1.807) is 45.3 Å². The van der Waals surface area contributed by atoms with Gasteiger partial charge < -0.3 is 49.3 Å². The Bertz CT molecular complexity index is 2160. The largest absolute Gasteiger partial charge is 0.374 e. The van der Waals surface area contributed by atoms with Crippen molar-refractivity contribution < 1.29 is 47.9 Å². The van der Waals surface area contributed by atoms with Crippen LogP contribution >= 0.6 is 0 Å². The van der Waals surface area contributed by atoms with Crippen molar-refractivity contribution in [3.05, 3.63) is 12.7 Å². The molecule has 0 aromatic rings. The van der Waals surface area contributed by atoms with E-state index in [1.165, 1.54) is 0 Å². The summed E-state index contributed by atoms with van der Waals surface area (Å²) in [6.45, 7) is 7.28. The first kappa shape index (κ1) is 50.4. The van der Waals surface area contributed by atoms with Crippen LogP contribution in [0, 0.1) is 18.3 Å². The second-order valence-electron chi connectivity index (χ2n) is 21.2. The highest BCUT2D eigenvalue weighted by molar-refractivity contribution is 5.99. The highest BCUT2D eigenvalue weighted by atomic mass is 16.5. The highest BCUT2D eigenvalue weighted by Crippen LogP contribution is 2.36. The highest BCUT2D eigenvalue weighted by Gasteiger charge is 2.52. The van der Waals surface area contributed by atoms with E-state index in [0.717, 1.165) is 6.42 Å². The third-order valence-corrected chi connectivity index (χ3v) is 17.1. The van der Waals surface area contributed by atoms with Gasteiger partial charge in [0.25, 0.3) is 0 Å². The fraction of sp³-hybridized carbons (Fsp3) is 0.750. The second-order valence-corrected chi connectivity index (χ2v) is 21.2. The molecule has 9 fully saturated rings. The Morgan fingerprint density at radius 1 is 0.437 bits per heavy atom. The quantitative estimate of drug-likeness (QED) is 0.206. The Hall–Kier alpha value is -5.51. The van der Waals surface area contributed by atoms with Gasteiger partial charge in [0.15, 0.2) is 0 Å². The lowest BCUT2D eigenvalue weighted by molar-refractivity contribution is -0.155. The molecule has 9 rings (SSSR count). The van der Waals surface area contributed by atoms with Crippen molar-refractivity contribution in [1.29, 1.82) is 0 Å². The fourth-order valence-corrected chi connectivity index (χ4v) is 13.7. The summed E-state index contributed by atoms with van der Waals surface area (Å²) in [5, 5.41) is 2.69. The number of nitrogens with one attached hydrogen (secondary N) is 1. The molecule has 0 bridgehead atoms. The zero-order valence-electron chi connectivity index (χ0n) is 41.3. The fourth-order valence-electron chi connectivity index (χ4n) is 13.7. The Morgan fingerprint density at radius 2 is 0.718 bits per heavy atom. The average Bonchev–Trinajstić information content (AvgIpc) is 4.24. The van der Waals surface area contributed by atoms with Gasteiger partial charge in [0, 0.05) is 58.3 Å². The Labute approximate surface area is 417 Å². The lowest BCUT2D eigenvalue weighted by Gasteiger charge is -2.37. The van der Waals surface area contributed by atoms with Gasteiger partial charge in [-0.3, -0.25) is 43.2 Å². The van der Waals surface area contributed by atoms with E-state index in [1.807, 2.05) is 0 Å². The average molecular weight is 984 g/mol. The van der Waals surface area contributed by atoms with Crippen LogP contribution in [0.1, 0.15) is 122 Å². The first-order chi connectivity index (χ1) is 34.4. The molecular weight excluding hydrogens is 911 g/mol. The molecule has 0 aromatic heterocycles. The van der Waals surface area contributed by atoms with Crippen molar-refractivity contribution in [2.45, 2.75) is 176 Å². The molecular formula is C52H73N9O10. The van der Waals surface area contributed by atoms with Gasteiger partial charge in [-0.15, -0.1) is 13.0 Å². The minimum absolute atomic E-state index is 0.00799. The van der Waals surface area contributed by atoms with Crippen LogP contribution in [-0.2, 0) is 47.9 Å². The summed E-state index contributed by atoms with van der Waals surface area (Å²) in [6, 6.07) is -5.92. The third-order valence-electron chi connectivity index (χ3n) is 17.1. The van der Waals surface area contributed by atoms with E-state index in [4.69, 9.17) is 11.2 Å². The molecule has 0 spiro atoms. The van der Waals surface area contributed by atoms with Gasteiger partial charge in [-0.05, 0) is 122 Å². The van der Waals surface area contributed by atoms with Gasteiger partial charge in [-0.1, -0.05) is 12.0 Å². The zero-order valence-corrected chi connectivity index (χ0v) is 41.3. The number of nitrogens with zero attached hydrogens (tertiary/aromatic N) is 8.